The molecule has 0 unspecified atom stereocenters. The number of amides is 2. The quantitative estimate of drug-likeness (QED) is 0.735. The lowest BCUT2D eigenvalue weighted by molar-refractivity contribution is -0.135. The summed E-state index contributed by atoms with van der Waals surface area (Å²) < 4.78 is 26.2. The molecule has 0 saturated carbocycles. The fourth-order valence-electron chi connectivity index (χ4n) is 1.84. The summed E-state index contributed by atoms with van der Waals surface area (Å²) >= 11 is 11.8. The van der Waals surface area contributed by atoms with Gasteiger partial charge in [0.2, 0.25) is 11.8 Å². The molecule has 25 heavy (non-hydrogen) atoms. The third-order valence-electron chi connectivity index (χ3n) is 3.49. The molecular formula is C17H14Cl2F2N2O2. The predicted molar refractivity (Wildman–Crippen MR) is 93.9 cm³/mol. The molecule has 2 rings (SSSR count). The van der Waals surface area contributed by atoms with Crippen LogP contribution in [-0.4, -0.2) is 11.8 Å². The van der Waals surface area contributed by atoms with Crippen LogP contribution in [0.3, 0.4) is 0 Å². The Morgan fingerprint density at radius 2 is 1.56 bits per heavy atom. The molecule has 0 aliphatic heterocycles. The fourth-order valence-corrected chi connectivity index (χ4v) is 2.17. The highest BCUT2D eigenvalue weighted by atomic mass is 35.5. The zero-order valence-corrected chi connectivity index (χ0v) is 14.8. The smallest absolute Gasteiger partial charge is 0.239 e. The third kappa shape index (κ3) is 4.46. The summed E-state index contributed by atoms with van der Waals surface area (Å²) in [6.45, 7) is 2.77. The van der Waals surface area contributed by atoms with Crippen LogP contribution in [0.5, 0.6) is 0 Å². The second kappa shape index (κ2) is 7.37. The Morgan fingerprint density at radius 3 is 2.20 bits per heavy atom. The first-order valence-corrected chi connectivity index (χ1v) is 7.90. The van der Waals surface area contributed by atoms with Crippen LogP contribution < -0.4 is 10.6 Å². The molecule has 8 heteroatoms. The molecule has 132 valence electrons. The Kier molecular flexibility index (Phi) is 5.65. The molecule has 0 heterocycles. The Morgan fingerprint density at radius 1 is 0.920 bits per heavy atom. The van der Waals surface area contributed by atoms with E-state index in [0.717, 1.165) is 12.1 Å². The maximum atomic E-state index is 13.2. The van der Waals surface area contributed by atoms with Gasteiger partial charge in [-0.05, 0) is 44.2 Å². The third-order valence-corrected chi connectivity index (χ3v) is 4.05. The van der Waals surface area contributed by atoms with Crippen molar-refractivity contribution in [3.63, 3.8) is 0 Å². The molecule has 0 aromatic heterocycles. The molecule has 0 aliphatic carbocycles. The van der Waals surface area contributed by atoms with Crippen molar-refractivity contribution in [2.75, 3.05) is 10.6 Å². The van der Waals surface area contributed by atoms with Crippen LogP contribution in [0.2, 0.25) is 10.0 Å². The van der Waals surface area contributed by atoms with E-state index in [0.29, 0.717) is 5.02 Å². The molecule has 2 N–H and O–H groups in total. The summed E-state index contributed by atoms with van der Waals surface area (Å²) in [7, 11) is 0. The van der Waals surface area contributed by atoms with E-state index in [1.165, 1.54) is 32.0 Å². The van der Waals surface area contributed by atoms with Crippen molar-refractivity contribution in [3.8, 4) is 0 Å². The molecule has 0 aliphatic rings. The zero-order chi connectivity index (χ0) is 18.8. The van der Waals surface area contributed by atoms with E-state index in [2.05, 4.69) is 10.6 Å². The lowest BCUT2D eigenvalue weighted by Crippen LogP contribution is -2.41. The number of benzene rings is 2. The standard InChI is InChI=1S/C17H14Cl2F2N2O2/c1-17(2,15(24)22-10-4-6-12(20)13(21)8-10)16(25)23-14-7-9(18)3-5-11(14)19/h3-8H,1-2H3,(H,22,24)(H,23,25). The van der Waals surface area contributed by atoms with Gasteiger partial charge < -0.3 is 10.6 Å². The normalized spacial score (nSPS) is 11.1. The number of hydrogen-bond acceptors (Lipinski definition) is 2. The highest BCUT2D eigenvalue weighted by molar-refractivity contribution is 6.36. The molecule has 0 bridgehead atoms. The fraction of sp³-hybridized carbons (Fsp3) is 0.176. The van der Waals surface area contributed by atoms with Crippen molar-refractivity contribution < 1.29 is 18.4 Å². The minimum absolute atomic E-state index is 0.0329. The van der Waals surface area contributed by atoms with Gasteiger partial charge in [0, 0.05) is 16.8 Å². The second-order valence-corrected chi connectivity index (χ2v) is 6.63. The highest BCUT2D eigenvalue weighted by Gasteiger charge is 2.36. The number of rotatable bonds is 4. The number of nitrogens with one attached hydrogen (secondary N) is 2. The molecule has 0 fully saturated rings. The average molecular weight is 387 g/mol. The van der Waals surface area contributed by atoms with Crippen molar-refractivity contribution in [2.45, 2.75) is 13.8 Å². The minimum atomic E-state index is -1.52. The highest BCUT2D eigenvalue weighted by Crippen LogP contribution is 2.28. The summed E-state index contributed by atoms with van der Waals surface area (Å²) in [5.41, 5.74) is -1.23. The van der Waals surface area contributed by atoms with Gasteiger partial charge in [-0.3, -0.25) is 9.59 Å². The van der Waals surface area contributed by atoms with Gasteiger partial charge in [0.05, 0.1) is 10.7 Å². The van der Waals surface area contributed by atoms with Crippen molar-refractivity contribution >= 4 is 46.4 Å². The molecule has 2 aromatic carbocycles. The monoisotopic (exact) mass is 386 g/mol. The van der Waals surface area contributed by atoms with E-state index in [-0.39, 0.29) is 16.4 Å². The molecule has 4 nitrogen and oxygen atoms in total. The van der Waals surface area contributed by atoms with Gasteiger partial charge in [0.25, 0.3) is 0 Å². The van der Waals surface area contributed by atoms with Gasteiger partial charge in [-0.2, -0.15) is 0 Å². The van der Waals surface area contributed by atoms with Gasteiger partial charge in [-0.1, -0.05) is 23.2 Å². The van der Waals surface area contributed by atoms with Crippen LogP contribution in [0.25, 0.3) is 0 Å². The molecular weight excluding hydrogens is 373 g/mol. The van der Waals surface area contributed by atoms with Gasteiger partial charge in [0.15, 0.2) is 11.6 Å². The van der Waals surface area contributed by atoms with Crippen LogP contribution in [0.4, 0.5) is 20.2 Å². The first-order valence-electron chi connectivity index (χ1n) is 7.14. The number of anilines is 2. The average Bonchev–Trinajstić information content (AvgIpc) is 2.54. The van der Waals surface area contributed by atoms with E-state index in [1.807, 2.05) is 0 Å². The lowest BCUT2D eigenvalue weighted by atomic mass is 9.90. The number of halogens is 4. The van der Waals surface area contributed by atoms with E-state index >= 15 is 0 Å². The molecule has 2 aromatic rings. The Hall–Kier alpha value is -2.18. The Labute approximate surface area is 153 Å². The summed E-state index contributed by atoms with van der Waals surface area (Å²) in [5.74, 6) is -3.48. The zero-order valence-electron chi connectivity index (χ0n) is 13.3. The maximum absolute atomic E-state index is 13.2. The van der Waals surface area contributed by atoms with Gasteiger partial charge in [0.1, 0.15) is 5.41 Å². The van der Waals surface area contributed by atoms with Crippen LogP contribution in [0, 0.1) is 17.0 Å². The van der Waals surface area contributed by atoms with E-state index in [9.17, 15) is 18.4 Å². The molecule has 2 amide bonds. The lowest BCUT2D eigenvalue weighted by Gasteiger charge is -2.23. The largest absolute Gasteiger partial charge is 0.325 e. The van der Waals surface area contributed by atoms with E-state index in [1.54, 1.807) is 6.07 Å². The topological polar surface area (TPSA) is 58.2 Å². The first kappa shape index (κ1) is 19.1. The molecule has 0 saturated heterocycles. The summed E-state index contributed by atoms with van der Waals surface area (Å²) in [5, 5.41) is 5.53. The SMILES string of the molecule is CC(C)(C(=O)Nc1ccc(F)c(F)c1)C(=O)Nc1cc(Cl)ccc1Cl. The number of carbonyl (C=O) groups is 2. The maximum Gasteiger partial charge on any atom is 0.239 e. The van der Waals surface area contributed by atoms with Gasteiger partial charge in [-0.25, -0.2) is 8.78 Å². The molecule has 0 atom stereocenters. The Bertz CT molecular complexity index is 841. The Balaban J connectivity index is 2.15. The summed E-state index contributed by atoms with van der Waals surface area (Å²) in [6.07, 6.45) is 0. The van der Waals surface area contributed by atoms with Crippen molar-refractivity contribution in [1.82, 2.24) is 0 Å². The first-order chi connectivity index (χ1) is 11.6. The van der Waals surface area contributed by atoms with Crippen molar-refractivity contribution in [3.05, 3.63) is 58.1 Å². The molecule has 0 spiro atoms. The summed E-state index contributed by atoms with van der Waals surface area (Å²) in [4.78, 5) is 24.8. The van der Waals surface area contributed by atoms with Crippen LogP contribution >= 0.6 is 23.2 Å². The number of hydrogen-bond donors (Lipinski definition) is 2. The number of carbonyl (C=O) groups excluding carboxylic acids is 2. The van der Waals surface area contributed by atoms with E-state index < -0.39 is 28.9 Å². The van der Waals surface area contributed by atoms with Crippen molar-refractivity contribution in [2.24, 2.45) is 5.41 Å². The second-order valence-electron chi connectivity index (χ2n) is 5.79. The van der Waals surface area contributed by atoms with Crippen LogP contribution in [0.1, 0.15) is 13.8 Å². The summed E-state index contributed by atoms with van der Waals surface area (Å²) in [6, 6.07) is 7.41. The van der Waals surface area contributed by atoms with E-state index in [4.69, 9.17) is 23.2 Å². The van der Waals surface area contributed by atoms with Crippen molar-refractivity contribution in [1.29, 1.82) is 0 Å². The van der Waals surface area contributed by atoms with Crippen LogP contribution in [-0.2, 0) is 9.59 Å². The molecule has 0 radical (unpaired) electrons. The van der Waals surface area contributed by atoms with Gasteiger partial charge in [-0.15, -0.1) is 0 Å². The van der Waals surface area contributed by atoms with Gasteiger partial charge >= 0.3 is 0 Å². The minimum Gasteiger partial charge on any atom is -0.325 e. The predicted octanol–water partition coefficient (Wildman–Crippen LogP) is 4.88. The van der Waals surface area contributed by atoms with Crippen LogP contribution in [0.15, 0.2) is 36.4 Å².